The molecule has 3 N–H and O–H groups in total. The molecule has 0 aliphatic carbocycles. The van der Waals surface area contributed by atoms with Crippen molar-refractivity contribution in [1.29, 1.82) is 0 Å². The van der Waals surface area contributed by atoms with E-state index in [-0.39, 0.29) is 5.92 Å². The van der Waals surface area contributed by atoms with Crippen LogP contribution in [0.1, 0.15) is 53.9 Å². The van der Waals surface area contributed by atoms with Crippen molar-refractivity contribution in [1.82, 2.24) is 5.32 Å². The average molecular weight is 230 g/mol. The first-order chi connectivity index (χ1) is 7.61. The second-order valence-electron chi connectivity index (χ2n) is 4.01. The van der Waals surface area contributed by atoms with Crippen LogP contribution in [0.2, 0.25) is 0 Å². The normalized spacial score (nSPS) is 11.9. The third-order valence-corrected chi connectivity index (χ3v) is 2.34. The van der Waals surface area contributed by atoms with E-state index in [4.69, 9.17) is 5.73 Å². The molecule has 1 unspecified atom stereocenters. The second kappa shape index (κ2) is 12.7. The molecular formula is C13H30N2O. The highest BCUT2D eigenvalue weighted by molar-refractivity contribution is 5.80. The van der Waals surface area contributed by atoms with Gasteiger partial charge in [0.15, 0.2) is 0 Å². The van der Waals surface area contributed by atoms with E-state index in [1.165, 1.54) is 0 Å². The quantitative estimate of drug-likeness (QED) is 0.673. The molecule has 0 amide bonds. The van der Waals surface area contributed by atoms with Gasteiger partial charge in [-0.05, 0) is 25.9 Å². The number of rotatable bonds is 8. The van der Waals surface area contributed by atoms with Crippen molar-refractivity contribution in [2.45, 2.75) is 59.9 Å². The van der Waals surface area contributed by atoms with Crippen LogP contribution in [-0.2, 0) is 4.79 Å². The summed E-state index contributed by atoms with van der Waals surface area (Å²) in [6.07, 6.45) is 2.64. The Morgan fingerprint density at radius 3 is 2.25 bits per heavy atom. The van der Waals surface area contributed by atoms with E-state index in [1.807, 2.05) is 27.7 Å². The molecule has 0 heterocycles. The van der Waals surface area contributed by atoms with Crippen molar-refractivity contribution in [2.75, 3.05) is 13.1 Å². The molecule has 98 valence electrons. The Balaban J connectivity index is 0. The van der Waals surface area contributed by atoms with Crippen LogP contribution in [0, 0.1) is 5.92 Å². The lowest BCUT2D eigenvalue weighted by Gasteiger charge is -2.17. The largest absolute Gasteiger partial charge is 0.330 e. The minimum absolute atomic E-state index is 0.147. The predicted octanol–water partition coefficient (Wildman–Crippen LogP) is 2.34. The molecule has 0 aromatic rings. The fraction of sp³-hybridized carbons (Fsp3) is 0.923. The lowest BCUT2D eigenvalue weighted by molar-refractivity contribution is -0.122. The van der Waals surface area contributed by atoms with Crippen LogP contribution in [0.15, 0.2) is 0 Å². The lowest BCUT2D eigenvalue weighted by Crippen LogP contribution is -2.32. The molecule has 0 aromatic heterocycles. The van der Waals surface area contributed by atoms with Gasteiger partial charge in [0.05, 0.1) is 0 Å². The van der Waals surface area contributed by atoms with Crippen LogP contribution in [0.3, 0.4) is 0 Å². The van der Waals surface area contributed by atoms with Gasteiger partial charge in [-0.2, -0.15) is 0 Å². The molecule has 0 bridgehead atoms. The Bertz CT molecular complexity index is 158. The Labute approximate surface area is 101 Å². The van der Waals surface area contributed by atoms with E-state index in [2.05, 4.69) is 12.2 Å². The van der Waals surface area contributed by atoms with Crippen LogP contribution >= 0.6 is 0 Å². The van der Waals surface area contributed by atoms with Crippen molar-refractivity contribution in [3.8, 4) is 0 Å². The van der Waals surface area contributed by atoms with Crippen LogP contribution in [0.4, 0.5) is 0 Å². The minimum atomic E-state index is 0.147. The molecule has 0 rings (SSSR count). The first-order valence-electron chi connectivity index (χ1n) is 6.58. The summed E-state index contributed by atoms with van der Waals surface area (Å²) in [6.45, 7) is 11.6. The van der Waals surface area contributed by atoms with E-state index in [1.54, 1.807) is 0 Å². The van der Waals surface area contributed by atoms with E-state index < -0.39 is 0 Å². The number of carbonyl (C=O) groups excluding carboxylic acids is 1. The van der Waals surface area contributed by atoms with Crippen molar-refractivity contribution < 1.29 is 4.79 Å². The average Bonchev–Trinajstić information content (AvgIpc) is 2.28. The first kappa shape index (κ1) is 18.0. The minimum Gasteiger partial charge on any atom is -0.330 e. The van der Waals surface area contributed by atoms with Gasteiger partial charge in [0, 0.05) is 18.4 Å². The highest BCUT2D eigenvalue weighted by Gasteiger charge is 2.14. The zero-order chi connectivity index (χ0) is 13.0. The highest BCUT2D eigenvalue weighted by Crippen LogP contribution is 2.07. The highest BCUT2D eigenvalue weighted by atomic mass is 16.1. The molecule has 3 heteroatoms. The lowest BCUT2D eigenvalue weighted by atomic mass is 9.98. The third kappa shape index (κ3) is 10.1. The van der Waals surface area contributed by atoms with Crippen LogP contribution in [-0.4, -0.2) is 24.9 Å². The topological polar surface area (TPSA) is 55.1 Å². The molecule has 1 atom stereocenters. The maximum atomic E-state index is 11.5. The standard InChI is InChI=1S/C11H24N2O.C2H6/c1-4-13-10(6-5-7-12)8-11(14)9(2)3;1-2/h9-10,13H,4-8,12H2,1-3H3;1-2H3. The monoisotopic (exact) mass is 230 g/mol. The van der Waals surface area contributed by atoms with Crippen molar-refractivity contribution >= 4 is 5.78 Å². The van der Waals surface area contributed by atoms with E-state index >= 15 is 0 Å². The summed E-state index contributed by atoms with van der Waals surface area (Å²) in [5.41, 5.74) is 5.45. The third-order valence-electron chi connectivity index (χ3n) is 2.34. The number of ketones is 1. The molecule has 0 spiro atoms. The number of hydrogen-bond acceptors (Lipinski definition) is 3. The van der Waals surface area contributed by atoms with Crippen LogP contribution < -0.4 is 11.1 Å². The number of nitrogens with one attached hydrogen (secondary N) is 1. The van der Waals surface area contributed by atoms with Gasteiger partial charge < -0.3 is 11.1 Å². The van der Waals surface area contributed by atoms with E-state index in [0.29, 0.717) is 24.8 Å². The van der Waals surface area contributed by atoms with Gasteiger partial charge in [0.2, 0.25) is 0 Å². The van der Waals surface area contributed by atoms with Crippen LogP contribution in [0.25, 0.3) is 0 Å². The Hall–Kier alpha value is -0.410. The summed E-state index contributed by atoms with van der Waals surface area (Å²) in [4.78, 5) is 11.5. The van der Waals surface area contributed by atoms with E-state index in [0.717, 1.165) is 19.4 Å². The fourth-order valence-electron chi connectivity index (χ4n) is 1.41. The Morgan fingerprint density at radius 2 is 1.88 bits per heavy atom. The molecule has 0 aromatic carbocycles. The zero-order valence-electron chi connectivity index (χ0n) is 11.7. The number of carbonyl (C=O) groups is 1. The molecule has 0 radical (unpaired) electrons. The van der Waals surface area contributed by atoms with Gasteiger partial charge in [0.1, 0.15) is 5.78 Å². The molecule has 0 saturated carbocycles. The Morgan fingerprint density at radius 1 is 1.31 bits per heavy atom. The van der Waals surface area contributed by atoms with Gasteiger partial charge in [0.25, 0.3) is 0 Å². The van der Waals surface area contributed by atoms with Crippen molar-refractivity contribution in [3.05, 3.63) is 0 Å². The number of Topliss-reactive ketones (excluding diaryl/α,β-unsaturated/α-hetero) is 1. The maximum Gasteiger partial charge on any atom is 0.136 e. The van der Waals surface area contributed by atoms with Crippen molar-refractivity contribution in [3.63, 3.8) is 0 Å². The molecule has 3 nitrogen and oxygen atoms in total. The summed E-state index contributed by atoms with van der Waals surface area (Å²) >= 11 is 0. The Kier molecular flexibility index (Phi) is 14.2. The maximum absolute atomic E-state index is 11.5. The first-order valence-corrected chi connectivity index (χ1v) is 6.58. The van der Waals surface area contributed by atoms with Gasteiger partial charge in [-0.25, -0.2) is 0 Å². The number of nitrogens with two attached hydrogens (primary N) is 1. The SMILES string of the molecule is CC.CCNC(CCCN)CC(=O)C(C)C. The van der Waals surface area contributed by atoms with Crippen molar-refractivity contribution in [2.24, 2.45) is 11.7 Å². The molecule has 0 saturated heterocycles. The second-order valence-corrected chi connectivity index (χ2v) is 4.01. The van der Waals surface area contributed by atoms with Gasteiger partial charge in [-0.3, -0.25) is 4.79 Å². The van der Waals surface area contributed by atoms with Gasteiger partial charge >= 0.3 is 0 Å². The fourth-order valence-corrected chi connectivity index (χ4v) is 1.41. The zero-order valence-corrected chi connectivity index (χ0v) is 11.7. The molecule has 16 heavy (non-hydrogen) atoms. The molecule has 0 aliphatic rings. The molecular weight excluding hydrogens is 200 g/mol. The predicted molar refractivity (Wildman–Crippen MR) is 71.6 cm³/mol. The molecule has 0 fully saturated rings. The summed E-state index contributed by atoms with van der Waals surface area (Å²) in [5.74, 6) is 0.488. The van der Waals surface area contributed by atoms with Gasteiger partial charge in [-0.15, -0.1) is 0 Å². The summed E-state index contributed by atoms with van der Waals surface area (Å²) in [6, 6.07) is 0.318. The van der Waals surface area contributed by atoms with Gasteiger partial charge in [-0.1, -0.05) is 34.6 Å². The summed E-state index contributed by atoms with van der Waals surface area (Å²) < 4.78 is 0. The molecule has 0 aliphatic heterocycles. The van der Waals surface area contributed by atoms with Crippen LogP contribution in [0.5, 0.6) is 0 Å². The summed E-state index contributed by atoms with van der Waals surface area (Å²) in [5, 5.41) is 3.33. The number of hydrogen-bond donors (Lipinski definition) is 2. The smallest absolute Gasteiger partial charge is 0.136 e. The summed E-state index contributed by atoms with van der Waals surface area (Å²) in [7, 11) is 0. The van der Waals surface area contributed by atoms with E-state index in [9.17, 15) is 4.79 Å².